The normalized spacial score (nSPS) is 10.1. The Morgan fingerprint density at radius 2 is 2.07 bits per heavy atom. The molecular weight excluding hydrogens is 190 g/mol. The van der Waals surface area contributed by atoms with Gasteiger partial charge in [-0.05, 0) is 5.56 Å². The highest BCUT2D eigenvalue weighted by molar-refractivity contribution is 5.74. The van der Waals surface area contributed by atoms with Crippen molar-refractivity contribution in [3.63, 3.8) is 0 Å². The van der Waals surface area contributed by atoms with E-state index in [2.05, 4.69) is 4.98 Å². The third-order valence-corrected chi connectivity index (χ3v) is 2.12. The number of carbonyl (C=O) groups excluding carboxylic acids is 1. The second-order valence-electron chi connectivity index (χ2n) is 3.27. The highest BCUT2D eigenvalue weighted by Crippen LogP contribution is 2.06. The average molecular weight is 201 g/mol. The van der Waals surface area contributed by atoms with Gasteiger partial charge in [0.05, 0.1) is 5.69 Å². The van der Waals surface area contributed by atoms with Crippen LogP contribution in [-0.4, -0.2) is 15.6 Å². The molecule has 0 fully saturated rings. The maximum atomic E-state index is 10.8. The second kappa shape index (κ2) is 3.96. The molecule has 0 atom stereocenters. The number of imidazole rings is 1. The van der Waals surface area contributed by atoms with Gasteiger partial charge in [0.1, 0.15) is 6.33 Å². The van der Waals surface area contributed by atoms with E-state index in [9.17, 15) is 4.79 Å². The maximum Gasteiger partial charge on any atom is 0.324 e. The molecule has 4 heteroatoms. The van der Waals surface area contributed by atoms with E-state index >= 15 is 0 Å². The van der Waals surface area contributed by atoms with Gasteiger partial charge >= 0.3 is 6.03 Å². The molecule has 0 saturated carbocycles. The van der Waals surface area contributed by atoms with Gasteiger partial charge in [0.15, 0.2) is 0 Å². The zero-order valence-corrected chi connectivity index (χ0v) is 8.13. The number of hydrogen-bond acceptors (Lipinski definition) is 2. The molecule has 0 aliphatic carbocycles. The van der Waals surface area contributed by atoms with E-state index in [1.807, 2.05) is 30.3 Å². The Labute approximate surface area is 87.4 Å². The summed E-state index contributed by atoms with van der Waals surface area (Å²) in [6, 6.07) is 9.43. The summed E-state index contributed by atoms with van der Waals surface area (Å²) in [7, 11) is 0. The summed E-state index contributed by atoms with van der Waals surface area (Å²) in [4.78, 5) is 14.9. The van der Waals surface area contributed by atoms with Crippen LogP contribution in [0.15, 0.2) is 42.9 Å². The summed E-state index contributed by atoms with van der Waals surface area (Å²) in [6.07, 6.45) is 3.79. The van der Waals surface area contributed by atoms with E-state index in [1.165, 1.54) is 10.9 Å². The van der Waals surface area contributed by atoms with E-state index in [-0.39, 0.29) is 0 Å². The van der Waals surface area contributed by atoms with Crippen molar-refractivity contribution in [2.24, 2.45) is 5.73 Å². The lowest BCUT2D eigenvalue weighted by Crippen LogP contribution is -2.17. The summed E-state index contributed by atoms with van der Waals surface area (Å²) in [5, 5.41) is 0. The zero-order valence-electron chi connectivity index (χ0n) is 8.13. The van der Waals surface area contributed by atoms with E-state index in [1.54, 1.807) is 6.20 Å². The van der Waals surface area contributed by atoms with Crippen LogP contribution in [0.25, 0.3) is 0 Å². The monoisotopic (exact) mass is 201 g/mol. The Morgan fingerprint density at radius 3 is 2.67 bits per heavy atom. The van der Waals surface area contributed by atoms with Crippen LogP contribution in [0.4, 0.5) is 4.79 Å². The minimum absolute atomic E-state index is 0.512. The van der Waals surface area contributed by atoms with Crippen LogP contribution in [0.1, 0.15) is 11.3 Å². The average Bonchev–Trinajstić information content (AvgIpc) is 2.68. The zero-order chi connectivity index (χ0) is 10.7. The van der Waals surface area contributed by atoms with Crippen LogP contribution >= 0.6 is 0 Å². The molecule has 0 spiro atoms. The van der Waals surface area contributed by atoms with Gasteiger partial charge in [-0.1, -0.05) is 30.3 Å². The van der Waals surface area contributed by atoms with Gasteiger partial charge in [0, 0.05) is 12.6 Å². The number of benzene rings is 1. The van der Waals surface area contributed by atoms with Gasteiger partial charge in [0.25, 0.3) is 0 Å². The SMILES string of the molecule is NC(=O)n1cnc(Cc2ccccc2)c1. The quantitative estimate of drug-likeness (QED) is 0.798. The van der Waals surface area contributed by atoms with Gasteiger partial charge in [-0.2, -0.15) is 0 Å². The smallest absolute Gasteiger partial charge is 0.324 e. The predicted molar refractivity (Wildman–Crippen MR) is 56.5 cm³/mol. The molecule has 0 bridgehead atoms. The number of nitrogens with zero attached hydrogens (tertiary/aromatic N) is 2. The van der Waals surface area contributed by atoms with Crippen molar-refractivity contribution in [3.05, 3.63) is 54.1 Å². The third-order valence-electron chi connectivity index (χ3n) is 2.12. The topological polar surface area (TPSA) is 60.9 Å². The lowest BCUT2D eigenvalue weighted by atomic mass is 10.1. The van der Waals surface area contributed by atoms with Crippen LogP contribution in [0.3, 0.4) is 0 Å². The highest BCUT2D eigenvalue weighted by Gasteiger charge is 2.02. The largest absolute Gasteiger partial charge is 0.351 e. The van der Waals surface area contributed by atoms with Gasteiger partial charge in [-0.15, -0.1) is 0 Å². The molecule has 0 saturated heterocycles. The summed E-state index contributed by atoms with van der Waals surface area (Å²) in [5.74, 6) is 0. The number of hydrogen-bond donors (Lipinski definition) is 1. The fourth-order valence-electron chi connectivity index (χ4n) is 1.38. The number of primary amides is 1. The van der Waals surface area contributed by atoms with Crippen molar-refractivity contribution in [2.75, 3.05) is 0 Å². The lowest BCUT2D eigenvalue weighted by Gasteiger charge is -1.96. The Bertz CT molecular complexity index is 462. The number of nitrogens with two attached hydrogens (primary N) is 1. The fourth-order valence-corrected chi connectivity index (χ4v) is 1.38. The molecule has 1 aromatic carbocycles. The minimum Gasteiger partial charge on any atom is -0.351 e. The first-order valence-corrected chi connectivity index (χ1v) is 4.62. The number of amides is 1. The summed E-state index contributed by atoms with van der Waals surface area (Å²) in [6.45, 7) is 0. The van der Waals surface area contributed by atoms with E-state index in [0.29, 0.717) is 6.42 Å². The van der Waals surface area contributed by atoms with Crippen molar-refractivity contribution >= 4 is 6.03 Å². The van der Waals surface area contributed by atoms with E-state index in [4.69, 9.17) is 5.73 Å². The highest BCUT2D eigenvalue weighted by atomic mass is 16.2. The first-order chi connectivity index (χ1) is 7.25. The van der Waals surface area contributed by atoms with Crippen LogP contribution in [0, 0.1) is 0 Å². The minimum atomic E-state index is -0.512. The van der Waals surface area contributed by atoms with Gasteiger partial charge < -0.3 is 5.73 Å². The first-order valence-electron chi connectivity index (χ1n) is 4.62. The Balaban J connectivity index is 2.15. The number of rotatable bonds is 2. The molecule has 76 valence electrons. The molecule has 1 amide bonds. The Kier molecular flexibility index (Phi) is 2.49. The van der Waals surface area contributed by atoms with Crippen molar-refractivity contribution < 1.29 is 4.79 Å². The maximum absolute atomic E-state index is 10.8. The molecule has 0 radical (unpaired) electrons. The Hall–Kier alpha value is -2.10. The molecule has 1 heterocycles. The third kappa shape index (κ3) is 2.22. The molecule has 15 heavy (non-hydrogen) atoms. The van der Waals surface area contributed by atoms with Gasteiger partial charge in [-0.3, -0.25) is 4.57 Å². The van der Waals surface area contributed by atoms with Crippen LogP contribution in [0.2, 0.25) is 0 Å². The lowest BCUT2D eigenvalue weighted by molar-refractivity contribution is 0.250. The molecular formula is C11H11N3O. The molecule has 2 rings (SSSR count). The number of carbonyl (C=O) groups is 1. The van der Waals surface area contributed by atoms with Crippen molar-refractivity contribution in [2.45, 2.75) is 6.42 Å². The summed E-state index contributed by atoms with van der Waals surface area (Å²) in [5.41, 5.74) is 7.10. The fraction of sp³-hybridized carbons (Fsp3) is 0.0909. The molecule has 1 aromatic heterocycles. The van der Waals surface area contributed by atoms with Crippen molar-refractivity contribution in [1.29, 1.82) is 0 Å². The molecule has 0 unspecified atom stereocenters. The standard InChI is InChI=1S/C11H11N3O/c12-11(15)14-7-10(13-8-14)6-9-4-2-1-3-5-9/h1-5,7-8H,6H2,(H2,12,15). The second-order valence-corrected chi connectivity index (χ2v) is 3.27. The van der Waals surface area contributed by atoms with Crippen LogP contribution < -0.4 is 5.73 Å². The Morgan fingerprint density at radius 1 is 1.33 bits per heavy atom. The molecule has 0 aliphatic rings. The summed E-state index contributed by atoms with van der Waals surface area (Å²) < 4.78 is 1.28. The van der Waals surface area contributed by atoms with E-state index in [0.717, 1.165) is 11.3 Å². The van der Waals surface area contributed by atoms with Crippen molar-refractivity contribution in [3.8, 4) is 0 Å². The number of aromatic nitrogens is 2. The molecule has 0 aliphatic heterocycles. The van der Waals surface area contributed by atoms with Crippen LogP contribution in [0.5, 0.6) is 0 Å². The molecule has 2 N–H and O–H groups in total. The molecule has 4 nitrogen and oxygen atoms in total. The van der Waals surface area contributed by atoms with Gasteiger partial charge in [0.2, 0.25) is 0 Å². The summed E-state index contributed by atoms with van der Waals surface area (Å²) >= 11 is 0. The predicted octanol–water partition coefficient (Wildman–Crippen LogP) is 1.40. The van der Waals surface area contributed by atoms with E-state index < -0.39 is 6.03 Å². The van der Waals surface area contributed by atoms with Gasteiger partial charge in [-0.25, -0.2) is 9.78 Å². The molecule has 2 aromatic rings. The van der Waals surface area contributed by atoms with Crippen LogP contribution in [-0.2, 0) is 6.42 Å². The van der Waals surface area contributed by atoms with Crippen molar-refractivity contribution in [1.82, 2.24) is 9.55 Å². The first kappa shape index (κ1) is 9.45.